The van der Waals surface area contributed by atoms with Gasteiger partial charge in [-0.1, -0.05) is 25.3 Å². The van der Waals surface area contributed by atoms with Gasteiger partial charge in [-0.15, -0.1) is 11.3 Å². The number of carbonyl (C=O) groups is 1. The first-order valence-corrected chi connectivity index (χ1v) is 11.6. The Kier molecular flexibility index (Phi) is 6.67. The van der Waals surface area contributed by atoms with Gasteiger partial charge in [0.05, 0.1) is 18.9 Å². The predicted molar refractivity (Wildman–Crippen MR) is 123 cm³/mol. The minimum absolute atomic E-state index is 0.0448. The lowest BCUT2D eigenvalue weighted by Crippen LogP contribution is -2.43. The van der Waals surface area contributed by atoms with E-state index in [-0.39, 0.29) is 18.6 Å². The number of carbonyl (C=O) groups excluding carboxylic acids is 1. The fourth-order valence-corrected chi connectivity index (χ4v) is 5.41. The number of ether oxygens (including phenoxy) is 1. The van der Waals surface area contributed by atoms with E-state index in [1.807, 2.05) is 23.1 Å². The van der Waals surface area contributed by atoms with Crippen molar-refractivity contribution >= 4 is 29.0 Å². The van der Waals surface area contributed by atoms with Crippen LogP contribution in [0.25, 0.3) is 16.8 Å². The van der Waals surface area contributed by atoms with E-state index >= 15 is 0 Å². The molecule has 1 amide bonds. The lowest BCUT2D eigenvalue weighted by molar-refractivity contribution is 0.0585. The Morgan fingerprint density at radius 2 is 2.16 bits per heavy atom. The summed E-state index contributed by atoms with van der Waals surface area (Å²) in [7, 11) is 0. The Labute approximate surface area is 186 Å². The molecule has 0 radical (unpaired) electrons. The van der Waals surface area contributed by atoms with Gasteiger partial charge >= 0.3 is 0 Å². The van der Waals surface area contributed by atoms with Gasteiger partial charge in [0.15, 0.2) is 5.01 Å². The molecule has 0 unspecified atom stereocenters. The molecule has 0 saturated heterocycles. The standard InChI is InChI=1S/C23H28N4O3S/c24-13-16(14-25)15-6-7-18-19(12-15)30-11-8-20-21(18)26-22(31-20)23(29)27(9-10-28)17-4-2-1-3-5-17/h6-7,12-14,17,24,28H,1-5,8-11,25H2. The fraction of sp³-hybridized carbons (Fsp3) is 0.435. The van der Waals surface area contributed by atoms with Crippen LogP contribution in [0.4, 0.5) is 0 Å². The van der Waals surface area contributed by atoms with Crippen LogP contribution >= 0.6 is 11.3 Å². The highest BCUT2D eigenvalue weighted by molar-refractivity contribution is 7.14. The zero-order chi connectivity index (χ0) is 21.8. The number of hydrogen-bond acceptors (Lipinski definition) is 7. The zero-order valence-corrected chi connectivity index (χ0v) is 18.3. The maximum absolute atomic E-state index is 13.4. The van der Waals surface area contributed by atoms with Crippen LogP contribution in [0.3, 0.4) is 0 Å². The smallest absolute Gasteiger partial charge is 0.283 e. The van der Waals surface area contributed by atoms with Crippen molar-refractivity contribution in [3.8, 4) is 17.0 Å². The van der Waals surface area contributed by atoms with Gasteiger partial charge in [-0.2, -0.15) is 0 Å². The van der Waals surface area contributed by atoms with Gasteiger partial charge in [0.1, 0.15) is 5.75 Å². The third-order valence-corrected chi connectivity index (χ3v) is 7.09. The molecule has 164 valence electrons. The first-order valence-electron chi connectivity index (χ1n) is 10.8. The summed E-state index contributed by atoms with van der Waals surface area (Å²) < 4.78 is 5.95. The van der Waals surface area contributed by atoms with Crippen molar-refractivity contribution in [2.45, 2.75) is 44.6 Å². The highest BCUT2D eigenvalue weighted by atomic mass is 32.1. The number of aliphatic hydroxyl groups excluding tert-OH is 1. The van der Waals surface area contributed by atoms with Crippen LogP contribution in [0.2, 0.25) is 0 Å². The second-order valence-electron chi connectivity index (χ2n) is 7.88. The molecule has 1 saturated carbocycles. The lowest BCUT2D eigenvalue weighted by atomic mass is 9.94. The molecular weight excluding hydrogens is 412 g/mol. The first-order chi connectivity index (χ1) is 15.2. The van der Waals surface area contributed by atoms with Gasteiger partial charge < -0.3 is 25.9 Å². The molecule has 1 aliphatic heterocycles. The van der Waals surface area contributed by atoms with Gasteiger partial charge in [0, 0.05) is 47.4 Å². The Hall–Kier alpha value is -2.71. The number of nitrogens with zero attached hydrogens (tertiary/aromatic N) is 2. The van der Waals surface area contributed by atoms with Crippen molar-refractivity contribution in [2.24, 2.45) is 5.73 Å². The van der Waals surface area contributed by atoms with Crippen molar-refractivity contribution in [2.75, 3.05) is 19.8 Å². The molecule has 2 aromatic rings. The molecule has 31 heavy (non-hydrogen) atoms. The fourth-order valence-electron chi connectivity index (χ4n) is 4.39. The normalized spacial score (nSPS) is 16.6. The van der Waals surface area contributed by atoms with Gasteiger partial charge in [-0.3, -0.25) is 4.79 Å². The Morgan fingerprint density at radius 3 is 2.87 bits per heavy atom. The number of allylic oxidation sites excluding steroid dienone is 1. The lowest BCUT2D eigenvalue weighted by Gasteiger charge is -2.33. The summed E-state index contributed by atoms with van der Waals surface area (Å²) in [6.45, 7) is 0.792. The summed E-state index contributed by atoms with van der Waals surface area (Å²) in [5.41, 5.74) is 8.67. The number of aromatic nitrogens is 1. The highest BCUT2D eigenvalue weighted by Gasteiger charge is 2.30. The number of nitrogens with one attached hydrogen (secondary N) is 1. The molecule has 1 fully saturated rings. The SMILES string of the molecule is N=CC(=CN)c1ccc2c(c1)OCCc1sc(C(=O)N(CCO)C3CCCCC3)nc1-2. The van der Waals surface area contributed by atoms with Crippen molar-refractivity contribution in [1.82, 2.24) is 9.88 Å². The maximum Gasteiger partial charge on any atom is 0.283 e. The second kappa shape index (κ2) is 9.62. The Morgan fingerprint density at radius 1 is 1.35 bits per heavy atom. The van der Waals surface area contributed by atoms with E-state index in [1.54, 1.807) is 0 Å². The summed E-state index contributed by atoms with van der Waals surface area (Å²) in [4.78, 5) is 21.0. The second-order valence-corrected chi connectivity index (χ2v) is 8.96. The number of amides is 1. The van der Waals surface area contributed by atoms with Gasteiger partial charge in [-0.25, -0.2) is 4.98 Å². The van der Waals surface area contributed by atoms with Gasteiger partial charge in [0.25, 0.3) is 5.91 Å². The minimum Gasteiger partial charge on any atom is -0.492 e. The molecule has 7 nitrogen and oxygen atoms in total. The number of thiazole rings is 1. The molecule has 4 rings (SSSR count). The van der Waals surface area contributed by atoms with Gasteiger partial charge in [-0.05, 0) is 30.5 Å². The zero-order valence-electron chi connectivity index (χ0n) is 17.5. The molecule has 2 aliphatic rings. The van der Waals surface area contributed by atoms with Crippen molar-refractivity contribution in [3.63, 3.8) is 0 Å². The van der Waals surface area contributed by atoms with Crippen LogP contribution in [0.5, 0.6) is 5.75 Å². The van der Waals surface area contributed by atoms with E-state index < -0.39 is 0 Å². The van der Waals surface area contributed by atoms with E-state index in [2.05, 4.69) is 0 Å². The van der Waals surface area contributed by atoms with Crippen LogP contribution in [-0.2, 0) is 6.42 Å². The van der Waals surface area contributed by atoms with Gasteiger partial charge in [0.2, 0.25) is 0 Å². The molecular formula is C23H28N4O3S. The highest BCUT2D eigenvalue weighted by Crippen LogP contribution is 2.39. The van der Waals surface area contributed by atoms with E-state index in [9.17, 15) is 9.90 Å². The van der Waals surface area contributed by atoms with Crippen LogP contribution in [0.15, 0.2) is 24.4 Å². The number of rotatable bonds is 6. The number of aliphatic hydroxyl groups is 1. The molecule has 0 spiro atoms. The van der Waals surface area contributed by atoms with Crippen LogP contribution in [0, 0.1) is 5.41 Å². The molecule has 0 bridgehead atoms. The van der Waals surface area contributed by atoms with E-state index in [4.69, 9.17) is 20.9 Å². The van der Waals surface area contributed by atoms with E-state index in [0.717, 1.165) is 47.4 Å². The van der Waals surface area contributed by atoms with Crippen LogP contribution in [0.1, 0.15) is 52.3 Å². The van der Waals surface area contributed by atoms with Crippen molar-refractivity contribution in [1.29, 1.82) is 5.41 Å². The summed E-state index contributed by atoms with van der Waals surface area (Å²) in [6, 6.07) is 5.86. The number of nitrogens with two attached hydrogens (primary N) is 1. The molecule has 4 N–H and O–H groups in total. The van der Waals surface area contributed by atoms with Crippen molar-refractivity contribution < 1.29 is 14.6 Å². The van der Waals surface area contributed by atoms with E-state index in [1.165, 1.54) is 30.2 Å². The molecule has 1 aromatic carbocycles. The average molecular weight is 441 g/mol. The number of hydrogen-bond donors (Lipinski definition) is 3. The summed E-state index contributed by atoms with van der Waals surface area (Å²) >= 11 is 1.43. The summed E-state index contributed by atoms with van der Waals surface area (Å²) in [5, 5.41) is 17.5. The average Bonchev–Trinajstić information content (AvgIpc) is 3.15. The topological polar surface area (TPSA) is 113 Å². The quantitative estimate of drug-likeness (QED) is 0.596. The largest absolute Gasteiger partial charge is 0.492 e. The third-order valence-electron chi connectivity index (χ3n) is 5.99. The Bertz CT molecular complexity index is 995. The predicted octanol–water partition coefficient (Wildman–Crippen LogP) is 3.46. The monoisotopic (exact) mass is 440 g/mol. The number of benzene rings is 1. The number of fused-ring (bicyclic) bond motifs is 3. The first kappa shape index (κ1) is 21.5. The summed E-state index contributed by atoms with van der Waals surface area (Å²) in [5.74, 6) is 0.594. The molecule has 0 atom stereocenters. The van der Waals surface area contributed by atoms with Crippen LogP contribution < -0.4 is 10.5 Å². The molecule has 1 aliphatic carbocycles. The molecule has 8 heteroatoms. The molecule has 2 heterocycles. The third kappa shape index (κ3) is 4.36. The Balaban J connectivity index is 1.67. The van der Waals surface area contributed by atoms with E-state index in [0.29, 0.717) is 35.9 Å². The van der Waals surface area contributed by atoms with Crippen LogP contribution in [-0.4, -0.2) is 52.9 Å². The summed E-state index contributed by atoms with van der Waals surface area (Å²) in [6.07, 6.45) is 8.72. The van der Waals surface area contributed by atoms with Crippen molar-refractivity contribution in [3.05, 3.63) is 39.8 Å². The minimum atomic E-state index is -0.0877. The molecule has 1 aromatic heterocycles. The maximum atomic E-state index is 13.4.